The van der Waals surface area contributed by atoms with Crippen LogP contribution in [-0.2, 0) is 19.2 Å². The molecule has 5 atom stereocenters. The van der Waals surface area contributed by atoms with E-state index in [1.54, 1.807) is 17.2 Å². The van der Waals surface area contributed by atoms with Crippen LogP contribution in [0.2, 0.25) is 0 Å². The molecule has 0 radical (unpaired) electrons. The number of piperidine rings is 1. The maximum Gasteiger partial charge on any atom is 0.272 e. The zero-order chi connectivity index (χ0) is 33.5. The maximum absolute atomic E-state index is 14.4. The number of carbonyl (C=O) groups excluding carboxylic acids is 3. The highest BCUT2D eigenvalue weighted by molar-refractivity contribution is 5.95. The summed E-state index contributed by atoms with van der Waals surface area (Å²) in [5, 5.41) is 1.37. The van der Waals surface area contributed by atoms with Crippen molar-refractivity contribution in [1.29, 1.82) is 0 Å². The van der Waals surface area contributed by atoms with E-state index in [4.69, 9.17) is 4.84 Å². The summed E-state index contributed by atoms with van der Waals surface area (Å²) < 4.78 is 0. The molecule has 4 aliphatic rings. The van der Waals surface area contributed by atoms with E-state index in [1.165, 1.54) is 11.1 Å². The first-order valence-electron chi connectivity index (χ1n) is 17.9. The van der Waals surface area contributed by atoms with Crippen LogP contribution in [0, 0.1) is 17.8 Å². The third-order valence-corrected chi connectivity index (χ3v) is 10.4. The number of carbonyl (C=O) groups is 3. The monoisotopic (exact) mass is 648 g/mol. The Morgan fingerprint density at radius 2 is 1.87 bits per heavy atom. The van der Waals surface area contributed by atoms with E-state index in [9.17, 15) is 14.4 Å². The fraction of sp³-hybridized carbons (Fsp3) is 0.676. The van der Waals surface area contributed by atoms with Gasteiger partial charge in [-0.05, 0) is 121 Å². The van der Waals surface area contributed by atoms with Gasteiger partial charge in [0.1, 0.15) is 6.04 Å². The summed E-state index contributed by atoms with van der Waals surface area (Å²) >= 11 is 0. The van der Waals surface area contributed by atoms with Gasteiger partial charge in [-0.2, -0.15) is 5.06 Å². The molecule has 1 aromatic rings. The van der Waals surface area contributed by atoms with Crippen molar-refractivity contribution >= 4 is 23.8 Å². The molecule has 47 heavy (non-hydrogen) atoms. The van der Waals surface area contributed by atoms with Crippen LogP contribution in [0.3, 0.4) is 0 Å². The van der Waals surface area contributed by atoms with Crippen LogP contribution in [0.25, 0.3) is 6.08 Å². The van der Waals surface area contributed by atoms with Gasteiger partial charge in [-0.1, -0.05) is 39.0 Å². The van der Waals surface area contributed by atoms with E-state index in [0.717, 1.165) is 58.2 Å². The van der Waals surface area contributed by atoms with Gasteiger partial charge in [0.05, 0.1) is 12.2 Å². The number of hydroxylamine groups is 2. The van der Waals surface area contributed by atoms with Gasteiger partial charge in [0, 0.05) is 24.9 Å². The number of nitrogens with zero attached hydrogens (tertiary/aromatic N) is 6. The Morgan fingerprint density at radius 3 is 2.55 bits per heavy atom. The maximum atomic E-state index is 14.4. The summed E-state index contributed by atoms with van der Waals surface area (Å²) in [6.07, 6.45) is 15.2. The fourth-order valence-corrected chi connectivity index (χ4v) is 7.73. The molecule has 0 N–H and O–H groups in total. The van der Waals surface area contributed by atoms with Crippen LogP contribution in [-0.4, -0.2) is 119 Å². The molecule has 258 valence electrons. The third-order valence-electron chi connectivity index (χ3n) is 10.4. The van der Waals surface area contributed by atoms with E-state index in [1.807, 2.05) is 36.9 Å². The Labute approximate surface area is 281 Å². The van der Waals surface area contributed by atoms with Crippen molar-refractivity contribution < 1.29 is 19.2 Å². The summed E-state index contributed by atoms with van der Waals surface area (Å²) in [6, 6.07) is 5.45. The number of hydrogen-bond acceptors (Lipinski definition) is 7. The molecular weight excluding hydrogens is 592 g/mol. The highest BCUT2D eigenvalue weighted by Gasteiger charge is 2.52. The lowest BCUT2D eigenvalue weighted by Gasteiger charge is -2.53. The smallest absolute Gasteiger partial charge is 0.272 e. The number of fused-ring (bicyclic) bond motifs is 1. The normalized spacial score (nSPS) is 26.7. The van der Waals surface area contributed by atoms with Gasteiger partial charge in [-0.15, -0.1) is 0 Å². The molecule has 3 fully saturated rings. The molecule has 0 saturated carbocycles. The molecule has 3 saturated heterocycles. The van der Waals surface area contributed by atoms with E-state index in [0.29, 0.717) is 37.0 Å². The van der Waals surface area contributed by atoms with Gasteiger partial charge in [-0.3, -0.25) is 24.2 Å². The molecule has 0 aromatic carbocycles. The minimum atomic E-state index is -0.823. The largest absolute Gasteiger partial charge is 0.337 e. The molecule has 10 nitrogen and oxygen atoms in total. The van der Waals surface area contributed by atoms with Crippen molar-refractivity contribution in [3.8, 4) is 0 Å². The highest BCUT2D eigenvalue weighted by Crippen LogP contribution is 2.34. The second kappa shape index (κ2) is 16.3. The molecule has 0 spiro atoms. The van der Waals surface area contributed by atoms with Crippen molar-refractivity contribution in [2.75, 3.05) is 46.8 Å². The second-order valence-electron chi connectivity index (χ2n) is 14.7. The number of rotatable bonds is 13. The summed E-state index contributed by atoms with van der Waals surface area (Å²) in [4.78, 5) is 61.4. The van der Waals surface area contributed by atoms with E-state index < -0.39 is 18.3 Å². The molecule has 3 aliphatic heterocycles. The van der Waals surface area contributed by atoms with Crippen LogP contribution in [0.1, 0.15) is 77.8 Å². The quantitative estimate of drug-likeness (QED) is 0.231. The molecule has 2 unspecified atom stereocenters. The SMILES string of the molecule is CC(C)C[C@H]1ON(C(=O)/C=C/c2ccccn2)[C@H]2CN(CCCN(C)C3CCN(C)CC3)C(=O)[C@H](CC(C)CC3C=CCC3)N2C1=O. The molecule has 1 aromatic heterocycles. The lowest BCUT2D eigenvalue weighted by atomic mass is 9.88. The Kier molecular flexibility index (Phi) is 12.3. The van der Waals surface area contributed by atoms with Gasteiger partial charge < -0.3 is 19.6 Å². The topological polar surface area (TPSA) is 89.5 Å². The van der Waals surface area contributed by atoms with E-state index in [2.05, 4.69) is 48.0 Å². The molecule has 1 aliphatic carbocycles. The predicted octanol–water partition coefficient (Wildman–Crippen LogP) is 4.45. The van der Waals surface area contributed by atoms with Crippen molar-refractivity contribution in [2.45, 2.75) is 96.5 Å². The van der Waals surface area contributed by atoms with Gasteiger partial charge >= 0.3 is 0 Å². The average Bonchev–Trinajstić information content (AvgIpc) is 3.56. The molecule has 0 bridgehead atoms. The van der Waals surface area contributed by atoms with Crippen molar-refractivity contribution in [2.24, 2.45) is 17.8 Å². The molecule has 10 heteroatoms. The van der Waals surface area contributed by atoms with Crippen LogP contribution >= 0.6 is 0 Å². The van der Waals surface area contributed by atoms with Crippen LogP contribution in [0.4, 0.5) is 0 Å². The lowest BCUT2D eigenvalue weighted by molar-refractivity contribution is -0.274. The number of hydrogen-bond donors (Lipinski definition) is 0. The van der Waals surface area contributed by atoms with Crippen LogP contribution < -0.4 is 0 Å². The minimum absolute atomic E-state index is 0.00742. The number of pyridine rings is 1. The van der Waals surface area contributed by atoms with E-state index in [-0.39, 0.29) is 36.1 Å². The van der Waals surface area contributed by atoms with Crippen molar-refractivity contribution in [3.63, 3.8) is 0 Å². The summed E-state index contributed by atoms with van der Waals surface area (Å²) in [5.74, 6) is 0.369. The van der Waals surface area contributed by atoms with Gasteiger partial charge in [0.15, 0.2) is 12.3 Å². The standard InChI is InChI=1S/C37H56N6O4/c1-27(2)23-33-37(46)42-32(25-28(3)24-29-11-6-7-12-29)36(45)41(20-10-19-40(5)31-16-21-39(4)22-17-31)26-34(42)43(47-33)35(44)15-14-30-13-8-9-18-38-30/h6,8-9,11,13-15,18,27-29,31-34H,7,10,12,16-17,19-26H2,1-5H3/b15-14+/t28?,29?,32-,33+,34-/m0/s1. The Hall–Kier alpha value is -3.08. The summed E-state index contributed by atoms with van der Waals surface area (Å²) in [5.41, 5.74) is 0.659. The first-order chi connectivity index (χ1) is 22.6. The molecule has 5 rings (SSSR count). The summed E-state index contributed by atoms with van der Waals surface area (Å²) in [7, 11) is 4.37. The zero-order valence-electron chi connectivity index (χ0n) is 29.2. The lowest BCUT2D eigenvalue weighted by Crippen LogP contribution is -2.73. The average molecular weight is 649 g/mol. The Bertz CT molecular complexity index is 1260. The van der Waals surface area contributed by atoms with Gasteiger partial charge in [0.25, 0.3) is 11.8 Å². The molecule has 3 amide bonds. The number of aromatic nitrogens is 1. The molecule has 4 heterocycles. The summed E-state index contributed by atoms with van der Waals surface area (Å²) in [6.45, 7) is 10.2. The first kappa shape index (κ1) is 35.2. The van der Waals surface area contributed by atoms with Crippen LogP contribution in [0.15, 0.2) is 42.6 Å². The van der Waals surface area contributed by atoms with E-state index >= 15 is 0 Å². The zero-order valence-corrected chi connectivity index (χ0v) is 29.2. The third kappa shape index (κ3) is 9.09. The predicted molar refractivity (Wildman–Crippen MR) is 183 cm³/mol. The van der Waals surface area contributed by atoms with Gasteiger partial charge in [-0.25, -0.2) is 0 Å². The van der Waals surface area contributed by atoms with Gasteiger partial charge in [0.2, 0.25) is 5.91 Å². The minimum Gasteiger partial charge on any atom is -0.337 e. The van der Waals surface area contributed by atoms with Crippen molar-refractivity contribution in [1.82, 2.24) is 29.6 Å². The van der Waals surface area contributed by atoms with Crippen LogP contribution in [0.5, 0.6) is 0 Å². The number of allylic oxidation sites excluding steroid dienone is 2. The number of piperazine rings is 1. The number of likely N-dealkylation sites (tertiary alicyclic amines) is 1. The highest BCUT2D eigenvalue weighted by atomic mass is 16.7. The fourth-order valence-electron chi connectivity index (χ4n) is 7.73. The second-order valence-corrected chi connectivity index (χ2v) is 14.7. The Morgan fingerprint density at radius 1 is 1.09 bits per heavy atom. The Balaban J connectivity index is 1.37. The van der Waals surface area contributed by atoms with Crippen molar-refractivity contribution in [3.05, 3.63) is 48.3 Å². The molecular formula is C37H56N6O4. The first-order valence-corrected chi connectivity index (χ1v) is 17.9. The number of amides is 3.